The maximum Gasteiger partial charge on any atom is 0.335 e. The van der Waals surface area contributed by atoms with Crippen molar-refractivity contribution in [3.05, 3.63) is 11.6 Å². The third-order valence-corrected chi connectivity index (χ3v) is 18.9. The van der Waals surface area contributed by atoms with Gasteiger partial charge in [0.2, 0.25) is 0 Å². The smallest absolute Gasteiger partial charge is 0.335 e. The lowest BCUT2D eigenvalue weighted by Gasteiger charge is -2.71. The topological polar surface area (TPSA) is 329 Å². The molecule has 380 valence electrons. The largest absolute Gasteiger partial charge is 0.481 e. The van der Waals surface area contributed by atoms with Gasteiger partial charge in [-0.25, -0.2) is 4.79 Å². The van der Waals surface area contributed by atoms with E-state index in [1.54, 1.807) is 6.92 Å². The van der Waals surface area contributed by atoms with Crippen molar-refractivity contribution in [1.82, 2.24) is 0 Å². The van der Waals surface area contributed by atoms with E-state index in [-0.39, 0.29) is 36.0 Å². The van der Waals surface area contributed by atoms with Gasteiger partial charge in [-0.3, -0.25) is 4.79 Å². The lowest BCUT2D eigenvalue weighted by Crippen LogP contribution is -2.69. The van der Waals surface area contributed by atoms with E-state index in [2.05, 4.69) is 40.7 Å². The van der Waals surface area contributed by atoms with E-state index in [0.717, 1.165) is 11.9 Å². The van der Waals surface area contributed by atoms with Crippen LogP contribution in [0.5, 0.6) is 0 Å². The minimum Gasteiger partial charge on any atom is -0.481 e. The quantitative estimate of drug-likeness (QED) is 0.0753. The average molecular weight is 957 g/mol. The molecule has 0 aromatic rings. The molecule has 0 bridgehead atoms. The molecule has 3 saturated heterocycles. The van der Waals surface area contributed by atoms with Crippen LogP contribution in [0.2, 0.25) is 0 Å². The fourth-order valence-electron chi connectivity index (χ4n) is 14.8. The fraction of sp³-hybridized carbons (Fsp3) is 0.894. The zero-order valence-corrected chi connectivity index (χ0v) is 39.0. The zero-order valence-electron chi connectivity index (χ0n) is 39.0. The summed E-state index contributed by atoms with van der Waals surface area (Å²) in [4.78, 5) is 39.8. The summed E-state index contributed by atoms with van der Waals surface area (Å²) in [6, 6.07) is 0. The second-order valence-corrected chi connectivity index (χ2v) is 22.8. The Kier molecular flexibility index (Phi) is 13.6. The van der Waals surface area contributed by atoms with Crippen LogP contribution in [0.15, 0.2) is 11.6 Å². The second kappa shape index (κ2) is 17.8. The van der Waals surface area contributed by atoms with Crippen molar-refractivity contribution in [1.29, 1.82) is 0 Å². The number of fused-ring (bicyclic) bond motifs is 7. The van der Waals surface area contributed by atoms with Gasteiger partial charge in [-0.2, -0.15) is 0 Å². The molecule has 3 aliphatic heterocycles. The highest BCUT2D eigenvalue weighted by atomic mass is 16.8. The summed E-state index contributed by atoms with van der Waals surface area (Å²) in [5, 5.41) is 118. The van der Waals surface area contributed by atoms with Gasteiger partial charge in [0.1, 0.15) is 72.7 Å². The molecular formula is C47H72O20. The Bertz CT molecular complexity index is 1910. The number of hydrogen-bond acceptors (Lipinski definition) is 18. The molecule has 0 aromatic heterocycles. The molecule has 0 radical (unpaired) electrons. The second-order valence-electron chi connectivity index (χ2n) is 22.8. The third-order valence-electron chi connectivity index (χ3n) is 18.9. The summed E-state index contributed by atoms with van der Waals surface area (Å²) in [7, 11) is 0. The van der Waals surface area contributed by atoms with Gasteiger partial charge in [0.15, 0.2) is 25.0 Å². The van der Waals surface area contributed by atoms with Crippen molar-refractivity contribution in [3.63, 3.8) is 0 Å². The van der Waals surface area contributed by atoms with Crippen LogP contribution >= 0.6 is 0 Å². The molecule has 4 saturated carbocycles. The van der Waals surface area contributed by atoms with E-state index < -0.39 is 150 Å². The Labute approximate surface area is 389 Å². The SMILES string of the molecule is CC1(C)CC[C@]2(C(=O)O)C(O)CC3(C)C(=CCC4C5(C)CC[C@H](O[C@@H]6OC(C(=O)O)[C@@H](O)C(O[C@@H]7OC[C@@H](O)C(O)[C@H]7O)C6O[C@@H]6OC(CO)[C@H](O)C(O)[C@H]6O)C(C)(C=O)C5CCC43C)C2C1. The summed E-state index contributed by atoms with van der Waals surface area (Å²) < 4.78 is 35.9. The first kappa shape index (κ1) is 51.1. The van der Waals surface area contributed by atoms with Crippen molar-refractivity contribution < 1.29 is 99.0 Å². The summed E-state index contributed by atoms with van der Waals surface area (Å²) in [6.07, 6.45) is -20.5. The van der Waals surface area contributed by atoms with Gasteiger partial charge >= 0.3 is 11.9 Å². The molecule has 20 nitrogen and oxygen atoms in total. The van der Waals surface area contributed by atoms with Crippen LogP contribution in [0.3, 0.4) is 0 Å². The van der Waals surface area contributed by atoms with Crippen LogP contribution in [-0.4, -0.2) is 186 Å². The highest BCUT2D eigenvalue weighted by Crippen LogP contribution is 2.76. The number of aldehydes is 1. The zero-order chi connectivity index (χ0) is 49.1. The lowest BCUT2D eigenvalue weighted by atomic mass is 9.33. The Morgan fingerprint density at radius 2 is 1.40 bits per heavy atom. The van der Waals surface area contributed by atoms with Gasteiger partial charge in [-0.15, -0.1) is 0 Å². The summed E-state index contributed by atoms with van der Waals surface area (Å²) >= 11 is 0. The number of carboxylic acids is 2. The molecule has 0 aromatic carbocycles. The molecule has 0 amide bonds. The highest BCUT2D eigenvalue weighted by Gasteiger charge is 2.72. The standard InChI is InChI=1S/C47H72O20/c1-42(2)13-14-47(41(60)61)21(15-42)20-7-8-25-43(3)11-10-27(44(4,19-49)24(43)9-12-45(25,5)46(20,6)16-26(47)51)64-40-36(67-39-32(56)30(54)29(53)23(17-48)63-39)34(33(57)35(66-40)37(58)59)65-38-31(55)28(52)22(50)18-62-38/h7,19,21-36,38-40,48,50-57H,8-18H2,1-6H3,(H,58,59)(H,60,61)/t21?,22-,23?,24?,25?,26?,27+,28?,29+,30?,31-,32-,33+,34?,35?,36?,38+,39+,40-,43?,44?,45?,46?,47-/m1/s1. The molecule has 11 N–H and O–H groups in total. The normalized spacial score (nSPS) is 54.0. The highest BCUT2D eigenvalue weighted by molar-refractivity contribution is 5.78. The molecule has 5 aliphatic carbocycles. The van der Waals surface area contributed by atoms with Crippen LogP contribution in [-0.2, 0) is 42.8 Å². The molecule has 24 atom stereocenters. The van der Waals surface area contributed by atoms with Crippen molar-refractivity contribution >= 4 is 18.2 Å². The minimum atomic E-state index is -2.14. The van der Waals surface area contributed by atoms with Gasteiger partial charge in [0, 0.05) is 0 Å². The first-order valence-corrected chi connectivity index (χ1v) is 23.8. The number of rotatable bonds is 10. The fourth-order valence-corrected chi connectivity index (χ4v) is 14.8. The molecule has 67 heavy (non-hydrogen) atoms. The van der Waals surface area contributed by atoms with E-state index >= 15 is 0 Å². The van der Waals surface area contributed by atoms with E-state index in [4.69, 9.17) is 28.4 Å². The molecular weight excluding hydrogens is 884 g/mol. The summed E-state index contributed by atoms with van der Waals surface area (Å²) in [6.45, 7) is 11.3. The molecule has 14 unspecified atom stereocenters. The first-order valence-electron chi connectivity index (χ1n) is 23.8. The van der Waals surface area contributed by atoms with Crippen LogP contribution in [0.1, 0.15) is 99.3 Å². The van der Waals surface area contributed by atoms with Crippen molar-refractivity contribution in [2.75, 3.05) is 13.2 Å². The molecule has 8 aliphatic rings. The molecule has 20 heteroatoms. The van der Waals surface area contributed by atoms with Crippen molar-refractivity contribution in [2.24, 2.45) is 50.2 Å². The maximum absolute atomic E-state index is 13.8. The molecule has 0 spiro atoms. The molecule has 7 fully saturated rings. The third kappa shape index (κ3) is 7.78. The van der Waals surface area contributed by atoms with Crippen LogP contribution < -0.4 is 0 Å². The number of carboxylic acid groups (broad SMARTS) is 2. The number of aliphatic hydroxyl groups is 9. The van der Waals surface area contributed by atoms with Crippen molar-refractivity contribution in [3.8, 4) is 0 Å². The van der Waals surface area contributed by atoms with Crippen LogP contribution in [0.4, 0.5) is 0 Å². The van der Waals surface area contributed by atoms with Gasteiger partial charge in [-0.1, -0.05) is 53.2 Å². The lowest BCUT2D eigenvalue weighted by molar-refractivity contribution is -0.391. The van der Waals surface area contributed by atoms with E-state index in [9.17, 15) is 70.6 Å². The summed E-state index contributed by atoms with van der Waals surface area (Å²) in [5.74, 6) is -3.36. The number of ether oxygens (including phenoxy) is 6. The number of aliphatic hydroxyl groups excluding tert-OH is 9. The van der Waals surface area contributed by atoms with E-state index in [0.29, 0.717) is 44.9 Å². The van der Waals surface area contributed by atoms with E-state index in [1.807, 2.05) is 0 Å². The number of aliphatic carboxylic acids is 2. The first-order chi connectivity index (χ1) is 31.3. The van der Waals surface area contributed by atoms with Gasteiger partial charge in [0.05, 0.1) is 30.8 Å². The number of carbonyl (C=O) groups excluding carboxylic acids is 1. The van der Waals surface area contributed by atoms with Crippen LogP contribution in [0, 0.1) is 50.2 Å². The Morgan fingerprint density at radius 1 is 0.731 bits per heavy atom. The number of hydrogen-bond donors (Lipinski definition) is 11. The van der Waals surface area contributed by atoms with Gasteiger partial charge in [-0.05, 0) is 97.2 Å². The number of allylic oxidation sites excluding steroid dienone is 2. The monoisotopic (exact) mass is 956 g/mol. The Balaban J connectivity index is 1.13. The maximum atomic E-state index is 13.8. The van der Waals surface area contributed by atoms with Gasteiger partial charge < -0.3 is 89.4 Å². The molecule has 3 heterocycles. The average Bonchev–Trinajstić information content (AvgIpc) is 3.26. The van der Waals surface area contributed by atoms with Gasteiger partial charge in [0.25, 0.3) is 0 Å². The predicted octanol–water partition coefficient (Wildman–Crippen LogP) is -0.413. The summed E-state index contributed by atoms with van der Waals surface area (Å²) in [5.41, 5.74) is -3.10. The molecule has 8 rings (SSSR count). The predicted molar refractivity (Wildman–Crippen MR) is 227 cm³/mol. The van der Waals surface area contributed by atoms with Crippen LogP contribution in [0.25, 0.3) is 0 Å². The Morgan fingerprint density at radius 3 is 2.04 bits per heavy atom. The Hall–Kier alpha value is -2.25. The minimum absolute atomic E-state index is 0.0258. The van der Waals surface area contributed by atoms with E-state index in [1.165, 1.54) is 0 Å². The number of carbonyl (C=O) groups is 3. The van der Waals surface area contributed by atoms with Crippen molar-refractivity contribution in [2.45, 2.75) is 198 Å².